The molecule has 0 aliphatic heterocycles. The monoisotopic (exact) mass is 502 g/mol. The Balaban J connectivity index is 1.43. The fourth-order valence-electron chi connectivity index (χ4n) is 9.23. The van der Waals surface area contributed by atoms with Gasteiger partial charge >= 0.3 is 5.97 Å². The minimum atomic E-state index is -1.22. The Hall–Kier alpha value is -0.870. The molecule has 4 rings (SSSR count). The van der Waals surface area contributed by atoms with Gasteiger partial charge in [-0.3, -0.25) is 4.79 Å². The van der Waals surface area contributed by atoms with Crippen molar-refractivity contribution in [2.75, 3.05) is 13.2 Å². The molecule has 3 fully saturated rings. The second-order valence-corrected chi connectivity index (χ2v) is 14.4. The van der Waals surface area contributed by atoms with Crippen molar-refractivity contribution in [1.29, 1.82) is 0 Å². The molecule has 206 valence electrons. The van der Waals surface area contributed by atoms with E-state index in [0.717, 1.165) is 54.8 Å². The molecule has 36 heavy (non-hydrogen) atoms. The summed E-state index contributed by atoms with van der Waals surface area (Å²) in [7, 11) is 0. The number of carbonyl (C=O) groups is 1. The maximum Gasteiger partial charge on any atom is 0.316 e. The van der Waals surface area contributed by atoms with E-state index in [0.29, 0.717) is 5.41 Å². The lowest BCUT2D eigenvalue weighted by Crippen LogP contribution is -2.51. The molecule has 4 aliphatic carbocycles. The first-order chi connectivity index (χ1) is 17.0. The van der Waals surface area contributed by atoms with E-state index in [9.17, 15) is 15.0 Å². The number of aliphatic hydroxyl groups excluding tert-OH is 2. The normalized spacial score (nSPS) is 39.1. The molecule has 3 unspecified atom stereocenters. The van der Waals surface area contributed by atoms with Crippen LogP contribution in [-0.4, -0.2) is 35.5 Å². The number of hydrogen-bond acceptors (Lipinski definition) is 4. The Morgan fingerprint density at radius 2 is 1.78 bits per heavy atom. The van der Waals surface area contributed by atoms with E-state index in [4.69, 9.17) is 4.74 Å². The first-order valence-corrected chi connectivity index (χ1v) is 15.1. The summed E-state index contributed by atoms with van der Waals surface area (Å²) in [6, 6.07) is 0. The van der Waals surface area contributed by atoms with Crippen molar-refractivity contribution < 1.29 is 19.7 Å². The van der Waals surface area contributed by atoms with Gasteiger partial charge in [-0.05, 0) is 98.2 Å². The van der Waals surface area contributed by atoms with Gasteiger partial charge in [0.2, 0.25) is 0 Å². The van der Waals surface area contributed by atoms with Gasteiger partial charge in [-0.2, -0.15) is 0 Å². The molecule has 4 nitrogen and oxygen atoms in total. The maximum absolute atomic E-state index is 12.6. The molecular formula is C32H54O4. The minimum absolute atomic E-state index is 0.137. The molecular weight excluding hydrogens is 448 g/mol. The molecule has 2 N–H and O–H groups in total. The van der Waals surface area contributed by atoms with Crippen molar-refractivity contribution in [2.24, 2.45) is 51.8 Å². The summed E-state index contributed by atoms with van der Waals surface area (Å²) in [5.41, 5.74) is 1.02. The Kier molecular flexibility index (Phi) is 8.38. The Bertz CT molecular complexity index is 813. The van der Waals surface area contributed by atoms with E-state index >= 15 is 0 Å². The largest absolute Gasteiger partial charge is 0.461 e. The van der Waals surface area contributed by atoms with Crippen LogP contribution in [0.15, 0.2) is 11.6 Å². The lowest BCUT2D eigenvalue weighted by atomic mass is 9.47. The van der Waals surface area contributed by atoms with Crippen LogP contribution in [0.4, 0.5) is 0 Å². The highest BCUT2D eigenvalue weighted by Crippen LogP contribution is 2.67. The Morgan fingerprint density at radius 3 is 2.44 bits per heavy atom. The zero-order valence-corrected chi connectivity index (χ0v) is 24.0. The van der Waals surface area contributed by atoms with Crippen molar-refractivity contribution in [2.45, 2.75) is 118 Å². The summed E-state index contributed by atoms with van der Waals surface area (Å²) in [6.45, 7) is 13.2. The molecule has 0 radical (unpaired) electrons. The second-order valence-electron chi connectivity index (χ2n) is 14.4. The predicted octanol–water partition coefficient (Wildman–Crippen LogP) is 6.93. The van der Waals surface area contributed by atoms with Gasteiger partial charge in [0.25, 0.3) is 0 Å². The van der Waals surface area contributed by atoms with Crippen molar-refractivity contribution in [1.82, 2.24) is 0 Å². The van der Waals surface area contributed by atoms with Crippen LogP contribution in [0.2, 0.25) is 0 Å². The first kappa shape index (κ1) is 28.1. The van der Waals surface area contributed by atoms with E-state index in [1.165, 1.54) is 56.9 Å². The van der Waals surface area contributed by atoms with Crippen LogP contribution in [0, 0.1) is 51.8 Å². The van der Waals surface area contributed by atoms with E-state index < -0.39 is 24.6 Å². The summed E-state index contributed by atoms with van der Waals surface area (Å²) in [5, 5.41) is 19.2. The number of esters is 1. The van der Waals surface area contributed by atoms with Gasteiger partial charge < -0.3 is 14.9 Å². The third-order valence-electron chi connectivity index (χ3n) is 11.7. The van der Waals surface area contributed by atoms with Gasteiger partial charge in [-0.15, -0.1) is 0 Å². The molecule has 4 aliphatic rings. The average molecular weight is 503 g/mol. The molecule has 0 heterocycles. The lowest BCUT2D eigenvalue weighted by Gasteiger charge is -2.58. The molecule has 0 spiro atoms. The molecule has 0 aromatic rings. The topological polar surface area (TPSA) is 66.8 Å². The van der Waals surface area contributed by atoms with E-state index in [2.05, 4.69) is 40.7 Å². The van der Waals surface area contributed by atoms with Crippen LogP contribution in [0.25, 0.3) is 0 Å². The molecule has 0 bridgehead atoms. The lowest BCUT2D eigenvalue weighted by molar-refractivity contribution is -0.168. The number of hydrogen-bond donors (Lipinski definition) is 2. The van der Waals surface area contributed by atoms with Gasteiger partial charge in [0.15, 0.2) is 0 Å². The molecule has 0 aromatic carbocycles. The maximum atomic E-state index is 12.6. The molecule has 0 saturated heterocycles. The highest BCUT2D eigenvalue weighted by molar-refractivity contribution is 5.77. The van der Waals surface area contributed by atoms with Gasteiger partial charge in [0.1, 0.15) is 11.5 Å². The summed E-state index contributed by atoms with van der Waals surface area (Å²) < 4.78 is 5.84. The third-order valence-corrected chi connectivity index (χ3v) is 11.7. The molecule has 3 saturated carbocycles. The highest BCUT2D eigenvalue weighted by atomic mass is 16.5. The molecule has 0 amide bonds. The van der Waals surface area contributed by atoms with Gasteiger partial charge in [-0.25, -0.2) is 0 Å². The SMILES string of the molecule is CC(C)CCC[C@@H](C)[C@H]1CCC2C3CC=C4C[C@@H](OC(=O)C(C)(CO)CO)CC[C@]4(C)C3CC[C@@]21C. The summed E-state index contributed by atoms with van der Waals surface area (Å²) in [6.07, 6.45) is 16.1. The van der Waals surface area contributed by atoms with Crippen LogP contribution < -0.4 is 0 Å². The number of allylic oxidation sites excluding steroid dienone is 1. The van der Waals surface area contributed by atoms with E-state index in [-0.39, 0.29) is 11.5 Å². The summed E-state index contributed by atoms with van der Waals surface area (Å²) in [4.78, 5) is 12.6. The van der Waals surface area contributed by atoms with E-state index in [1.807, 2.05) is 0 Å². The zero-order chi connectivity index (χ0) is 26.3. The van der Waals surface area contributed by atoms with Crippen molar-refractivity contribution >= 4 is 5.97 Å². The Morgan fingerprint density at radius 1 is 1.06 bits per heavy atom. The minimum Gasteiger partial charge on any atom is -0.461 e. The van der Waals surface area contributed by atoms with Crippen LogP contribution in [0.5, 0.6) is 0 Å². The average Bonchev–Trinajstić information content (AvgIpc) is 3.20. The number of aliphatic hydroxyl groups is 2. The standard InChI is InChI=1S/C32H54O4/c1-21(2)8-7-9-22(3)26-12-13-27-25-11-10-23-18-24(36-29(35)30(4,19-33)20-34)14-16-31(23,5)28(25)15-17-32(26,27)6/h10,21-22,24-28,33-34H,7-9,11-20H2,1-6H3/t22-,24+,25?,26-,27?,28?,31+,32-/m1/s1. The first-order valence-electron chi connectivity index (χ1n) is 15.1. The summed E-state index contributed by atoms with van der Waals surface area (Å²) >= 11 is 0. The molecule has 0 aromatic heterocycles. The van der Waals surface area contributed by atoms with Crippen LogP contribution in [-0.2, 0) is 9.53 Å². The van der Waals surface area contributed by atoms with Gasteiger partial charge in [0.05, 0.1) is 13.2 Å². The zero-order valence-electron chi connectivity index (χ0n) is 24.0. The highest BCUT2D eigenvalue weighted by Gasteiger charge is 2.59. The van der Waals surface area contributed by atoms with Gasteiger partial charge in [-0.1, -0.05) is 65.5 Å². The quantitative estimate of drug-likeness (QED) is 0.265. The van der Waals surface area contributed by atoms with E-state index in [1.54, 1.807) is 6.92 Å². The van der Waals surface area contributed by atoms with Crippen LogP contribution in [0.3, 0.4) is 0 Å². The molecule has 4 heteroatoms. The van der Waals surface area contributed by atoms with Crippen molar-refractivity contribution in [3.8, 4) is 0 Å². The van der Waals surface area contributed by atoms with Crippen molar-refractivity contribution in [3.05, 3.63) is 11.6 Å². The number of fused-ring (bicyclic) bond motifs is 5. The van der Waals surface area contributed by atoms with Gasteiger partial charge in [0, 0.05) is 6.42 Å². The van der Waals surface area contributed by atoms with Crippen LogP contribution in [0.1, 0.15) is 112 Å². The number of ether oxygens (including phenoxy) is 1. The number of rotatable bonds is 9. The second kappa shape index (κ2) is 10.7. The van der Waals surface area contributed by atoms with Crippen molar-refractivity contribution in [3.63, 3.8) is 0 Å². The number of carbonyl (C=O) groups excluding carboxylic acids is 1. The summed E-state index contributed by atoms with van der Waals surface area (Å²) in [5.74, 6) is 4.48. The fourth-order valence-corrected chi connectivity index (χ4v) is 9.23. The van der Waals surface area contributed by atoms with Crippen LogP contribution >= 0.6 is 0 Å². The third kappa shape index (κ3) is 4.95. The smallest absolute Gasteiger partial charge is 0.316 e. The fraction of sp³-hybridized carbons (Fsp3) is 0.906. The predicted molar refractivity (Wildman–Crippen MR) is 145 cm³/mol. The Labute approximate surface area is 220 Å². The molecule has 8 atom stereocenters.